The SMILES string of the molecule is C[C@@H]1NCCC[C@H]1Oc1ncc(C(F)(F)F)cc1F.Cc1cccc(C=O)c1-c1ncccn1. The van der Waals surface area contributed by atoms with Gasteiger partial charge >= 0.3 is 6.18 Å². The number of aromatic nitrogens is 3. The monoisotopic (exact) mass is 476 g/mol. The Balaban J connectivity index is 0.000000196. The molecule has 0 aliphatic carbocycles. The third kappa shape index (κ3) is 6.34. The number of pyridine rings is 1. The lowest BCUT2D eigenvalue weighted by Crippen LogP contribution is -2.45. The van der Waals surface area contributed by atoms with Gasteiger partial charge in [-0.05, 0) is 50.9 Å². The molecule has 0 unspecified atom stereocenters. The fourth-order valence-corrected chi connectivity index (χ4v) is 3.51. The molecule has 3 heterocycles. The van der Waals surface area contributed by atoms with E-state index in [0.717, 1.165) is 36.8 Å². The van der Waals surface area contributed by atoms with Gasteiger partial charge < -0.3 is 10.1 Å². The van der Waals surface area contributed by atoms with Gasteiger partial charge in [0.1, 0.15) is 6.10 Å². The maximum Gasteiger partial charge on any atom is 0.417 e. The Kier molecular flexibility index (Phi) is 8.27. The van der Waals surface area contributed by atoms with Crippen LogP contribution in [0.5, 0.6) is 5.88 Å². The second-order valence-electron chi connectivity index (χ2n) is 7.78. The molecular weight excluding hydrogens is 452 g/mol. The highest BCUT2D eigenvalue weighted by atomic mass is 19.4. The van der Waals surface area contributed by atoms with Gasteiger partial charge in [-0.2, -0.15) is 13.2 Å². The van der Waals surface area contributed by atoms with Crippen LogP contribution in [-0.2, 0) is 6.18 Å². The molecule has 2 aromatic heterocycles. The van der Waals surface area contributed by atoms with E-state index in [2.05, 4.69) is 20.3 Å². The maximum atomic E-state index is 13.6. The number of aldehydes is 1. The molecule has 1 aliphatic heterocycles. The Labute approximate surface area is 194 Å². The summed E-state index contributed by atoms with van der Waals surface area (Å²) in [4.78, 5) is 22.6. The number of hydrogen-bond donors (Lipinski definition) is 1. The standard InChI is InChI=1S/C12H14F4N2O.C12H10N2O/c1-7-10(3-2-4-17-7)19-11-9(13)5-8(6-18-11)12(14,15)16;1-9-4-2-5-10(8-15)11(9)12-13-6-3-7-14-12/h5-7,10,17H,2-4H2,1H3;2-8H,1H3/t7-,10+;/m0./s1. The highest BCUT2D eigenvalue weighted by Gasteiger charge is 2.32. The number of hydrogen-bond acceptors (Lipinski definition) is 6. The number of alkyl halides is 3. The van der Waals surface area contributed by atoms with Crippen LogP contribution in [0.25, 0.3) is 11.4 Å². The van der Waals surface area contributed by atoms with Crippen molar-refractivity contribution in [2.45, 2.75) is 45.0 Å². The molecule has 0 radical (unpaired) electrons. The number of rotatable bonds is 4. The summed E-state index contributed by atoms with van der Waals surface area (Å²) in [6.07, 6.45) is 1.46. The molecule has 1 saturated heterocycles. The van der Waals surface area contributed by atoms with Crippen LogP contribution < -0.4 is 10.1 Å². The topological polar surface area (TPSA) is 77.0 Å². The third-order valence-electron chi connectivity index (χ3n) is 5.31. The highest BCUT2D eigenvalue weighted by molar-refractivity contribution is 5.87. The first-order valence-electron chi connectivity index (χ1n) is 10.7. The minimum atomic E-state index is -4.61. The first-order valence-corrected chi connectivity index (χ1v) is 10.7. The fraction of sp³-hybridized carbons (Fsp3) is 0.333. The van der Waals surface area contributed by atoms with Gasteiger partial charge in [-0.15, -0.1) is 0 Å². The van der Waals surface area contributed by atoms with Gasteiger partial charge in [0.2, 0.25) is 0 Å². The number of nitrogens with one attached hydrogen (secondary N) is 1. The molecule has 1 aliphatic rings. The molecule has 3 aromatic rings. The van der Waals surface area contributed by atoms with Crippen molar-refractivity contribution < 1.29 is 27.1 Å². The van der Waals surface area contributed by atoms with E-state index in [-0.39, 0.29) is 18.0 Å². The van der Waals surface area contributed by atoms with E-state index in [0.29, 0.717) is 23.7 Å². The summed E-state index contributed by atoms with van der Waals surface area (Å²) in [6, 6.07) is 7.74. The molecule has 6 nitrogen and oxygen atoms in total. The van der Waals surface area contributed by atoms with Crippen LogP contribution >= 0.6 is 0 Å². The molecule has 10 heteroatoms. The van der Waals surface area contributed by atoms with Gasteiger partial charge in [-0.3, -0.25) is 4.79 Å². The molecule has 4 rings (SSSR count). The molecule has 1 fully saturated rings. The third-order valence-corrected chi connectivity index (χ3v) is 5.31. The Hall–Kier alpha value is -3.40. The number of benzene rings is 1. The zero-order valence-electron chi connectivity index (χ0n) is 18.6. The van der Waals surface area contributed by atoms with Crippen molar-refractivity contribution in [3.8, 4) is 17.3 Å². The van der Waals surface area contributed by atoms with Crippen LogP contribution in [0.4, 0.5) is 17.6 Å². The lowest BCUT2D eigenvalue weighted by Gasteiger charge is -2.30. The average molecular weight is 476 g/mol. The lowest BCUT2D eigenvalue weighted by atomic mass is 10.0. The average Bonchev–Trinajstić information content (AvgIpc) is 2.82. The van der Waals surface area contributed by atoms with Gasteiger partial charge in [0.15, 0.2) is 17.9 Å². The van der Waals surface area contributed by atoms with Crippen LogP contribution in [-0.4, -0.2) is 39.9 Å². The zero-order valence-corrected chi connectivity index (χ0v) is 18.6. The number of aryl methyl sites for hydroxylation is 1. The van der Waals surface area contributed by atoms with E-state index in [1.807, 2.05) is 26.0 Å². The number of nitrogens with zero attached hydrogens (tertiary/aromatic N) is 3. The normalized spacial score (nSPS) is 17.9. The van der Waals surface area contributed by atoms with Gasteiger partial charge in [0.25, 0.3) is 5.88 Å². The Morgan fingerprint density at radius 1 is 1.15 bits per heavy atom. The molecule has 0 bridgehead atoms. The fourth-order valence-electron chi connectivity index (χ4n) is 3.51. The minimum Gasteiger partial charge on any atom is -0.471 e. The van der Waals surface area contributed by atoms with Crippen LogP contribution in [0.2, 0.25) is 0 Å². The second kappa shape index (κ2) is 11.1. The molecule has 0 spiro atoms. The number of halogens is 4. The number of carbonyl (C=O) groups is 1. The predicted molar refractivity (Wildman–Crippen MR) is 118 cm³/mol. The van der Waals surface area contributed by atoms with Crippen LogP contribution in [0.1, 0.15) is 41.3 Å². The molecule has 2 atom stereocenters. The molecular formula is C24H24F4N4O2. The Bertz CT molecular complexity index is 1110. The van der Waals surface area contributed by atoms with Crippen molar-refractivity contribution in [1.29, 1.82) is 0 Å². The molecule has 1 N–H and O–H groups in total. The van der Waals surface area contributed by atoms with Crippen molar-refractivity contribution in [3.05, 3.63) is 71.4 Å². The smallest absolute Gasteiger partial charge is 0.417 e. The van der Waals surface area contributed by atoms with Crippen LogP contribution in [0, 0.1) is 12.7 Å². The molecule has 34 heavy (non-hydrogen) atoms. The van der Waals surface area contributed by atoms with E-state index in [1.165, 1.54) is 0 Å². The lowest BCUT2D eigenvalue weighted by molar-refractivity contribution is -0.138. The summed E-state index contributed by atoms with van der Waals surface area (Å²) >= 11 is 0. The van der Waals surface area contributed by atoms with Gasteiger partial charge in [0.05, 0.1) is 5.56 Å². The molecule has 180 valence electrons. The largest absolute Gasteiger partial charge is 0.471 e. The first kappa shape index (κ1) is 25.2. The van der Waals surface area contributed by atoms with Crippen molar-refractivity contribution in [2.24, 2.45) is 0 Å². The highest BCUT2D eigenvalue weighted by Crippen LogP contribution is 2.31. The summed E-state index contributed by atoms with van der Waals surface area (Å²) in [6.45, 7) is 4.68. The molecule has 1 aromatic carbocycles. The number of piperidine rings is 1. The molecule has 0 saturated carbocycles. The zero-order chi connectivity index (χ0) is 24.7. The van der Waals surface area contributed by atoms with Gasteiger partial charge in [0, 0.05) is 35.8 Å². The summed E-state index contributed by atoms with van der Waals surface area (Å²) in [7, 11) is 0. The van der Waals surface area contributed by atoms with Gasteiger partial charge in [-0.25, -0.2) is 19.3 Å². The van der Waals surface area contributed by atoms with E-state index in [1.54, 1.807) is 24.5 Å². The summed E-state index contributed by atoms with van der Waals surface area (Å²) in [5.74, 6) is -0.876. The quantitative estimate of drug-likeness (QED) is 0.421. The van der Waals surface area contributed by atoms with E-state index >= 15 is 0 Å². The number of ether oxygens (including phenoxy) is 1. The second-order valence-corrected chi connectivity index (χ2v) is 7.78. The predicted octanol–water partition coefficient (Wildman–Crippen LogP) is 5.02. The Morgan fingerprint density at radius 3 is 2.50 bits per heavy atom. The summed E-state index contributed by atoms with van der Waals surface area (Å²) in [5.41, 5.74) is 1.33. The van der Waals surface area contributed by atoms with E-state index in [9.17, 15) is 22.4 Å². The van der Waals surface area contributed by atoms with Crippen LogP contribution in [0.15, 0.2) is 48.9 Å². The van der Waals surface area contributed by atoms with Crippen molar-refractivity contribution in [1.82, 2.24) is 20.3 Å². The minimum absolute atomic E-state index is 0.0113. The van der Waals surface area contributed by atoms with Crippen molar-refractivity contribution in [2.75, 3.05) is 6.54 Å². The van der Waals surface area contributed by atoms with E-state index in [4.69, 9.17) is 4.74 Å². The van der Waals surface area contributed by atoms with Crippen molar-refractivity contribution in [3.63, 3.8) is 0 Å². The maximum absolute atomic E-state index is 13.6. The Morgan fingerprint density at radius 2 is 1.88 bits per heavy atom. The number of carbonyl (C=O) groups excluding carboxylic acids is 1. The van der Waals surface area contributed by atoms with Crippen molar-refractivity contribution >= 4 is 6.29 Å². The van der Waals surface area contributed by atoms with Crippen LogP contribution in [0.3, 0.4) is 0 Å². The summed E-state index contributed by atoms with van der Waals surface area (Å²) in [5, 5.41) is 3.15. The van der Waals surface area contributed by atoms with E-state index < -0.39 is 17.6 Å². The molecule has 0 amide bonds. The summed E-state index contributed by atoms with van der Waals surface area (Å²) < 4.78 is 56.0. The van der Waals surface area contributed by atoms with Gasteiger partial charge in [-0.1, -0.05) is 18.2 Å². The first-order chi connectivity index (χ1) is 16.2.